The molecule has 6 heteroatoms. The molecule has 0 amide bonds. The maximum atomic E-state index is 5.89. The van der Waals surface area contributed by atoms with Crippen LogP contribution in [0.2, 0.25) is 5.02 Å². The van der Waals surface area contributed by atoms with Crippen LogP contribution >= 0.6 is 11.6 Å². The van der Waals surface area contributed by atoms with Gasteiger partial charge in [-0.05, 0) is 31.7 Å². The molecule has 1 atom stereocenters. The molecule has 96 valence electrons. The highest BCUT2D eigenvalue weighted by Crippen LogP contribution is 2.20. The van der Waals surface area contributed by atoms with Crippen LogP contribution in [-0.2, 0) is 0 Å². The van der Waals surface area contributed by atoms with Gasteiger partial charge in [0.1, 0.15) is 0 Å². The Bertz CT molecular complexity index is 514. The topological polar surface area (TPSA) is 63.0 Å². The molecule has 2 N–H and O–H groups in total. The van der Waals surface area contributed by atoms with Gasteiger partial charge in [0.15, 0.2) is 0 Å². The van der Waals surface area contributed by atoms with Gasteiger partial charge in [0.05, 0.1) is 6.04 Å². The van der Waals surface area contributed by atoms with Crippen LogP contribution in [0.25, 0.3) is 0 Å². The van der Waals surface area contributed by atoms with Gasteiger partial charge in [-0.25, -0.2) is 0 Å². The fourth-order valence-corrected chi connectivity index (χ4v) is 1.73. The van der Waals surface area contributed by atoms with Crippen molar-refractivity contribution >= 4 is 23.3 Å². The molecule has 0 aliphatic rings. The summed E-state index contributed by atoms with van der Waals surface area (Å²) in [4.78, 5) is 0. The Labute approximate surface area is 111 Å². The molecule has 1 aromatic heterocycles. The minimum absolute atomic E-state index is 0.0393. The van der Waals surface area contributed by atoms with E-state index in [9.17, 15) is 0 Å². The zero-order chi connectivity index (χ0) is 13.0. The summed E-state index contributed by atoms with van der Waals surface area (Å²) in [5, 5.41) is 14.8. The number of nitrogens with zero attached hydrogens (tertiary/aromatic N) is 2. The van der Waals surface area contributed by atoms with E-state index in [0.29, 0.717) is 16.9 Å². The lowest BCUT2D eigenvalue weighted by molar-refractivity contribution is 0.430. The van der Waals surface area contributed by atoms with Crippen molar-refractivity contribution < 1.29 is 4.42 Å². The van der Waals surface area contributed by atoms with Crippen molar-refractivity contribution in [2.45, 2.75) is 19.9 Å². The zero-order valence-corrected chi connectivity index (χ0v) is 11.0. The van der Waals surface area contributed by atoms with Crippen LogP contribution in [0.5, 0.6) is 0 Å². The van der Waals surface area contributed by atoms with Crippen molar-refractivity contribution in [3.63, 3.8) is 0 Å². The highest BCUT2D eigenvalue weighted by atomic mass is 35.5. The first-order valence-corrected chi connectivity index (χ1v) is 6.16. The van der Waals surface area contributed by atoms with Crippen molar-refractivity contribution in [3.05, 3.63) is 35.2 Å². The molecule has 0 aliphatic heterocycles. The van der Waals surface area contributed by atoms with E-state index in [1.807, 2.05) is 26.0 Å². The normalized spacial score (nSPS) is 12.4. The van der Waals surface area contributed by atoms with Gasteiger partial charge >= 0.3 is 6.01 Å². The van der Waals surface area contributed by atoms with E-state index in [4.69, 9.17) is 16.0 Å². The first kappa shape index (κ1) is 12.9. The molecule has 0 spiro atoms. The van der Waals surface area contributed by atoms with Crippen molar-refractivity contribution in [2.24, 2.45) is 0 Å². The van der Waals surface area contributed by atoms with Gasteiger partial charge in [0, 0.05) is 10.7 Å². The Balaban J connectivity index is 2.06. The Morgan fingerprint density at radius 3 is 2.94 bits per heavy atom. The van der Waals surface area contributed by atoms with E-state index in [1.54, 1.807) is 12.1 Å². The van der Waals surface area contributed by atoms with Gasteiger partial charge in [-0.2, -0.15) is 0 Å². The molecule has 1 unspecified atom stereocenters. The second-order valence-corrected chi connectivity index (χ2v) is 4.30. The third-order valence-corrected chi connectivity index (χ3v) is 2.63. The molecule has 5 nitrogen and oxygen atoms in total. The quantitative estimate of drug-likeness (QED) is 0.870. The Kier molecular flexibility index (Phi) is 4.17. The Morgan fingerprint density at radius 2 is 2.22 bits per heavy atom. The first-order chi connectivity index (χ1) is 8.69. The third kappa shape index (κ3) is 3.21. The molecule has 0 fully saturated rings. The second-order valence-electron chi connectivity index (χ2n) is 3.86. The fourth-order valence-electron chi connectivity index (χ4n) is 1.54. The highest BCUT2D eigenvalue weighted by Gasteiger charge is 2.12. The summed E-state index contributed by atoms with van der Waals surface area (Å²) in [6.45, 7) is 4.85. The predicted octanol–water partition coefficient (Wildman–Crippen LogP) is 3.14. The van der Waals surface area contributed by atoms with Gasteiger partial charge in [-0.3, -0.25) is 0 Å². The lowest BCUT2D eigenvalue weighted by atomic mass is 10.3. The summed E-state index contributed by atoms with van der Waals surface area (Å²) in [6, 6.07) is 7.72. The lowest BCUT2D eigenvalue weighted by Crippen LogP contribution is -2.17. The molecule has 0 radical (unpaired) electrons. The molecule has 2 aromatic rings. The SMILES string of the molecule is CCNC(C)c1nnc(Nc2cccc(Cl)c2)o1. The maximum Gasteiger partial charge on any atom is 0.320 e. The molecular formula is C12H15ClN4O. The minimum Gasteiger partial charge on any atom is -0.406 e. The number of anilines is 2. The summed E-state index contributed by atoms with van der Waals surface area (Å²) in [5.74, 6) is 0.557. The summed E-state index contributed by atoms with van der Waals surface area (Å²) < 4.78 is 5.50. The molecule has 0 bridgehead atoms. The molecular weight excluding hydrogens is 252 g/mol. The van der Waals surface area contributed by atoms with Crippen molar-refractivity contribution in [2.75, 3.05) is 11.9 Å². The number of benzene rings is 1. The number of rotatable bonds is 5. The van der Waals surface area contributed by atoms with Gasteiger partial charge < -0.3 is 15.1 Å². The maximum absolute atomic E-state index is 5.89. The van der Waals surface area contributed by atoms with Crippen molar-refractivity contribution in [1.82, 2.24) is 15.5 Å². The largest absolute Gasteiger partial charge is 0.406 e. The predicted molar refractivity (Wildman–Crippen MR) is 71.1 cm³/mol. The van der Waals surface area contributed by atoms with Crippen LogP contribution in [0.1, 0.15) is 25.8 Å². The van der Waals surface area contributed by atoms with E-state index in [-0.39, 0.29) is 6.04 Å². The fraction of sp³-hybridized carbons (Fsp3) is 0.333. The van der Waals surface area contributed by atoms with E-state index in [2.05, 4.69) is 20.8 Å². The summed E-state index contributed by atoms with van der Waals surface area (Å²) in [5.41, 5.74) is 0.814. The van der Waals surface area contributed by atoms with Crippen LogP contribution in [0, 0.1) is 0 Å². The lowest BCUT2D eigenvalue weighted by Gasteiger charge is -2.06. The smallest absolute Gasteiger partial charge is 0.320 e. The first-order valence-electron chi connectivity index (χ1n) is 5.78. The number of halogens is 1. The van der Waals surface area contributed by atoms with Crippen LogP contribution in [0.3, 0.4) is 0 Å². The molecule has 18 heavy (non-hydrogen) atoms. The van der Waals surface area contributed by atoms with E-state index < -0.39 is 0 Å². The highest BCUT2D eigenvalue weighted by molar-refractivity contribution is 6.30. The average Bonchev–Trinajstić information content (AvgIpc) is 2.78. The third-order valence-electron chi connectivity index (χ3n) is 2.40. The van der Waals surface area contributed by atoms with Gasteiger partial charge in [0.25, 0.3) is 0 Å². The zero-order valence-electron chi connectivity index (χ0n) is 10.3. The second kappa shape index (κ2) is 5.84. The van der Waals surface area contributed by atoms with Crippen LogP contribution in [0.4, 0.5) is 11.7 Å². The van der Waals surface area contributed by atoms with Crippen LogP contribution in [-0.4, -0.2) is 16.7 Å². The number of aromatic nitrogens is 2. The number of hydrogen-bond acceptors (Lipinski definition) is 5. The van der Waals surface area contributed by atoms with Crippen molar-refractivity contribution in [3.8, 4) is 0 Å². The Hall–Kier alpha value is -1.59. The monoisotopic (exact) mass is 266 g/mol. The van der Waals surface area contributed by atoms with E-state index in [1.165, 1.54) is 0 Å². The minimum atomic E-state index is 0.0393. The van der Waals surface area contributed by atoms with Gasteiger partial charge in [0.2, 0.25) is 5.89 Å². The summed E-state index contributed by atoms with van der Waals surface area (Å²) >= 11 is 5.89. The average molecular weight is 267 g/mol. The molecule has 1 heterocycles. The van der Waals surface area contributed by atoms with Crippen LogP contribution < -0.4 is 10.6 Å². The van der Waals surface area contributed by atoms with E-state index >= 15 is 0 Å². The number of hydrogen-bond donors (Lipinski definition) is 2. The molecule has 0 saturated carbocycles. The van der Waals surface area contributed by atoms with Gasteiger partial charge in [-0.1, -0.05) is 29.7 Å². The summed E-state index contributed by atoms with van der Waals surface area (Å²) in [6.07, 6.45) is 0. The van der Waals surface area contributed by atoms with Crippen LogP contribution in [0.15, 0.2) is 28.7 Å². The molecule has 0 saturated heterocycles. The van der Waals surface area contributed by atoms with Gasteiger partial charge in [-0.15, -0.1) is 5.10 Å². The van der Waals surface area contributed by atoms with E-state index in [0.717, 1.165) is 12.2 Å². The summed E-state index contributed by atoms with van der Waals surface area (Å²) in [7, 11) is 0. The number of nitrogens with one attached hydrogen (secondary N) is 2. The molecule has 2 rings (SSSR count). The Morgan fingerprint density at radius 1 is 1.39 bits per heavy atom. The molecule has 0 aliphatic carbocycles. The van der Waals surface area contributed by atoms with Crippen molar-refractivity contribution in [1.29, 1.82) is 0 Å². The standard InChI is InChI=1S/C12H15ClN4O/c1-3-14-8(2)11-16-17-12(18-11)15-10-6-4-5-9(13)7-10/h4-8,14H,3H2,1-2H3,(H,15,17). The molecule has 1 aromatic carbocycles.